The molecule has 7 heteroatoms. The summed E-state index contributed by atoms with van der Waals surface area (Å²) in [5, 5.41) is 6.06. The van der Waals surface area contributed by atoms with Crippen molar-refractivity contribution in [3.63, 3.8) is 0 Å². The van der Waals surface area contributed by atoms with Crippen LogP contribution in [-0.4, -0.2) is 61.9 Å². The second-order valence-corrected chi connectivity index (χ2v) is 10.3. The summed E-state index contributed by atoms with van der Waals surface area (Å²) >= 11 is 0. The zero-order valence-corrected chi connectivity index (χ0v) is 19.8. The number of morpholine rings is 1. The Balaban J connectivity index is 1.31. The first-order valence-electron chi connectivity index (χ1n) is 12.2. The number of amides is 2. The van der Waals surface area contributed by atoms with Crippen molar-refractivity contribution in [2.45, 2.75) is 52.4 Å². The Morgan fingerprint density at radius 1 is 1.06 bits per heavy atom. The predicted octanol–water partition coefficient (Wildman–Crippen LogP) is 3.53. The van der Waals surface area contributed by atoms with Crippen LogP contribution >= 0.6 is 0 Å². The standard InChI is InChI=1S/C26H34N4O3/c1-26(2)11-8-19(9-12-26)21-6-7-24(31)30(27-21)18-25(32)29-13-10-20-22(4-3-5-23(20)29)28-14-16-33-17-15-28/h3-5,8H,6-7,9-18H2,1-2H3. The molecule has 0 saturated carbocycles. The van der Waals surface area contributed by atoms with Gasteiger partial charge in [0, 0.05) is 49.4 Å². The van der Waals surface area contributed by atoms with Crippen molar-refractivity contribution in [2.75, 3.05) is 49.2 Å². The van der Waals surface area contributed by atoms with E-state index in [2.05, 4.69) is 36.0 Å². The van der Waals surface area contributed by atoms with Crippen LogP contribution in [0.1, 0.15) is 51.5 Å². The van der Waals surface area contributed by atoms with Gasteiger partial charge in [-0.3, -0.25) is 9.59 Å². The SMILES string of the molecule is CC1(C)CC=C(C2=NN(CC(=O)N3CCc4c(N5CCOCC5)cccc43)C(=O)CC2)CC1. The van der Waals surface area contributed by atoms with Crippen molar-refractivity contribution in [3.8, 4) is 0 Å². The topological polar surface area (TPSA) is 65.5 Å². The molecule has 1 aliphatic carbocycles. The molecule has 3 aliphatic heterocycles. The highest BCUT2D eigenvalue weighted by Gasteiger charge is 2.32. The number of fused-ring (bicyclic) bond motifs is 1. The summed E-state index contributed by atoms with van der Waals surface area (Å²) in [7, 11) is 0. The molecule has 0 atom stereocenters. The van der Waals surface area contributed by atoms with E-state index in [1.165, 1.54) is 21.8 Å². The third-order valence-electron chi connectivity index (χ3n) is 7.39. The number of nitrogens with zero attached hydrogens (tertiary/aromatic N) is 4. The molecule has 0 spiro atoms. The van der Waals surface area contributed by atoms with E-state index in [4.69, 9.17) is 4.74 Å². The lowest BCUT2D eigenvalue weighted by atomic mass is 9.77. The van der Waals surface area contributed by atoms with E-state index < -0.39 is 0 Å². The van der Waals surface area contributed by atoms with Gasteiger partial charge < -0.3 is 14.5 Å². The van der Waals surface area contributed by atoms with Crippen LogP contribution in [0.3, 0.4) is 0 Å². The molecule has 3 heterocycles. The highest BCUT2D eigenvalue weighted by molar-refractivity contribution is 6.05. The normalized spacial score (nSPS) is 22.7. The average molecular weight is 451 g/mol. The average Bonchev–Trinajstić information content (AvgIpc) is 3.26. The zero-order valence-electron chi connectivity index (χ0n) is 19.8. The van der Waals surface area contributed by atoms with Crippen molar-refractivity contribution in [1.29, 1.82) is 0 Å². The van der Waals surface area contributed by atoms with Gasteiger partial charge >= 0.3 is 0 Å². The van der Waals surface area contributed by atoms with Gasteiger partial charge in [0.15, 0.2) is 0 Å². The number of hydrogen-bond acceptors (Lipinski definition) is 5. The smallest absolute Gasteiger partial charge is 0.248 e. The number of anilines is 2. The molecule has 1 fully saturated rings. The van der Waals surface area contributed by atoms with Crippen LogP contribution in [0.2, 0.25) is 0 Å². The molecule has 0 aromatic heterocycles. The van der Waals surface area contributed by atoms with E-state index in [0.29, 0.717) is 24.8 Å². The summed E-state index contributed by atoms with van der Waals surface area (Å²) in [5.41, 5.74) is 5.95. The lowest BCUT2D eigenvalue weighted by Crippen LogP contribution is -2.42. The molecule has 1 aromatic rings. The molecule has 176 valence electrons. The maximum atomic E-state index is 13.3. The Kier molecular flexibility index (Phi) is 5.99. The van der Waals surface area contributed by atoms with Gasteiger partial charge in [-0.1, -0.05) is 26.0 Å². The van der Waals surface area contributed by atoms with Crippen molar-refractivity contribution < 1.29 is 14.3 Å². The molecule has 5 rings (SSSR count). The highest BCUT2D eigenvalue weighted by atomic mass is 16.5. The molecule has 4 aliphatic rings. The van der Waals surface area contributed by atoms with Gasteiger partial charge in [-0.05, 0) is 48.8 Å². The fourth-order valence-corrected chi connectivity index (χ4v) is 5.28. The molecule has 1 saturated heterocycles. The number of rotatable bonds is 4. The van der Waals surface area contributed by atoms with E-state index in [1.54, 1.807) is 0 Å². The van der Waals surface area contributed by atoms with Crippen molar-refractivity contribution >= 4 is 28.9 Å². The molecule has 7 nitrogen and oxygen atoms in total. The fraction of sp³-hybridized carbons (Fsp3) is 0.577. The maximum absolute atomic E-state index is 13.3. The number of carbonyl (C=O) groups is 2. The van der Waals surface area contributed by atoms with Crippen molar-refractivity contribution in [3.05, 3.63) is 35.4 Å². The zero-order chi connectivity index (χ0) is 23.0. The summed E-state index contributed by atoms with van der Waals surface area (Å²) < 4.78 is 5.50. The molecular formula is C26H34N4O3. The van der Waals surface area contributed by atoms with E-state index in [9.17, 15) is 9.59 Å². The minimum atomic E-state index is -0.0648. The van der Waals surface area contributed by atoms with Gasteiger partial charge in [0.2, 0.25) is 11.8 Å². The largest absolute Gasteiger partial charge is 0.378 e. The van der Waals surface area contributed by atoms with Crippen LogP contribution in [0.15, 0.2) is 34.9 Å². The van der Waals surface area contributed by atoms with Crippen LogP contribution in [0.25, 0.3) is 0 Å². The molecular weight excluding hydrogens is 416 g/mol. The second-order valence-electron chi connectivity index (χ2n) is 10.3. The summed E-state index contributed by atoms with van der Waals surface area (Å²) in [6, 6.07) is 6.18. The van der Waals surface area contributed by atoms with Crippen LogP contribution in [0, 0.1) is 5.41 Å². The van der Waals surface area contributed by atoms with Gasteiger partial charge in [0.1, 0.15) is 6.54 Å². The summed E-state index contributed by atoms with van der Waals surface area (Å²) in [6.45, 7) is 8.44. The van der Waals surface area contributed by atoms with E-state index >= 15 is 0 Å². The van der Waals surface area contributed by atoms with E-state index in [0.717, 1.165) is 63.4 Å². The number of hydrazone groups is 1. The van der Waals surface area contributed by atoms with Crippen LogP contribution in [0.5, 0.6) is 0 Å². The quantitative estimate of drug-likeness (QED) is 0.704. The predicted molar refractivity (Wildman–Crippen MR) is 130 cm³/mol. The first-order chi connectivity index (χ1) is 15.9. The van der Waals surface area contributed by atoms with E-state index in [1.807, 2.05) is 17.0 Å². The number of ether oxygens (including phenoxy) is 1. The van der Waals surface area contributed by atoms with Crippen LogP contribution in [-0.2, 0) is 20.7 Å². The van der Waals surface area contributed by atoms with E-state index in [-0.39, 0.29) is 18.4 Å². The maximum Gasteiger partial charge on any atom is 0.248 e. The van der Waals surface area contributed by atoms with Crippen LogP contribution < -0.4 is 9.80 Å². The van der Waals surface area contributed by atoms with Gasteiger partial charge in [-0.25, -0.2) is 5.01 Å². The lowest BCUT2D eigenvalue weighted by Gasteiger charge is -2.31. The van der Waals surface area contributed by atoms with Gasteiger partial charge in [-0.2, -0.15) is 5.10 Å². The second kappa shape index (κ2) is 8.93. The fourth-order valence-electron chi connectivity index (χ4n) is 5.28. The Labute approximate surface area is 196 Å². The Morgan fingerprint density at radius 2 is 1.85 bits per heavy atom. The molecule has 0 N–H and O–H groups in total. The number of hydrogen-bond donors (Lipinski definition) is 0. The first-order valence-corrected chi connectivity index (χ1v) is 12.2. The monoisotopic (exact) mass is 450 g/mol. The third-order valence-corrected chi connectivity index (χ3v) is 7.39. The first kappa shape index (κ1) is 22.1. The highest BCUT2D eigenvalue weighted by Crippen LogP contribution is 2.37. The minimum absolute atomic E-state index is 0.00231. The van der Waals surface area contributed by atoms with Crippen molar-refractivity contribution in [2.24, 2.45) is 10.5 Å². The molecule has 0 bridgehead atoms. The molecule has 2 amide bonds. The lowest BCUT2D eigenvalue weighted by molar-refractivity contribution is -0.135. The molecule has 0 radical (unpaired) electrons. The molecule has 33 heavy (non-hydrogen) atoms. The Morgan fingerprint density at radius 3 is 2.61 bits per heavy atom. The van der Waals surface area contributed by atoms with Gasteiger partial charge in [-0.15, -0.1) is 0 Å². The Hall–Kier alpha value is -2.67. The summed E-state index contributed by atoms with van der Waals surface area (Å²) in [6.07, 6.45) is 7.36. The number of carbonyl (C=O) groups excluding carboxylic acids is 2. The van der Waals surface area contributed by atoms with Gasteiger partial charge in [0.25, 0.3) is 0 Å². The summed E-state index contributed by atoms with van der Waals surface area (Å²) in [5.74, 6) is -0.129. The third kappa shape index (κ3) is 4.56. The number of allylic oxidation sites excluding steroid dienone is 2. The molecule has 0 unspecified atom stereocenters. The van der Waals surface area contributed by atoms with Crippen LogP contribution in [0.4, 0.5) is 11.4 Å². The van der Waals surface area contributed by atoms with Gasteiger partial charge in [0.05, 0.1) is 18.9 Å². The Bertz CT molecular complexity index is 1010. The number of benzene rings is 1. The summed E-state index contributed by atoms with van der Waals surface area (Å²) in [4.78, 5) is 30.1. The molecule has 1 aromatic carbocycles. The van der Waals surface area contributed by atoms with Crippen molar-refractivity contribution in [1.82, 2.24) is 5.01 Å². The minimum Gasteiger partial charge on any atom is -0.378 e.